The summed E-state index contributed by atoms with van der Waals surface area (Å²) in [5, 5.41) is 5.46. The van der Waals surface area contributed by atoms with Crippen LogP contribution in [0, 0.1) is 3.57 Å². The molecule has 180 valence electrons. The van der Waals surface area contributed by atoms with Crippen LogP contribution >= 0.6 is 30.5 Å². The maximum absolute atomic E-state index is 2.40. The Bertz CT molecular complexity index is 1600. The van der Waals surface area contributed by atoms with Gasteiger partial charge in [-0.3, -0.25) is 0 Å². The summed E-state index contributed by atoms with van der Waals surface area (Å²) >= 11 is 2.40. The van der Waals surface area contributed by atoms with Gasteiger partial charge in [-0.25, -0.2) is 0 Å². The van der Waals surface area contributed by atoms with Crippen molar-refractivity contribution >= 4 is 57.3 Å². The van der Waals surface area contributed by atoms with Gasteiger partial charge in [-0.1, -0.05) is 115 Å². The van der Waals surface area contributed by atoms with Crippen molar-refractivity contribution in [1.82, 2.24) is 4.57 Å². The summed E-state index contributed by atoms with van der Waals surface area (Å²) in [6.45, 7) is 0. The molecule has 1 atom stereocenters. The molecule has 3 heteroatoms. The van der Waals surface area contributed by atoms with Gasteiger partial charge in [0.25, 0.3) is 0 Å². The molecule has 5 aromatic carbocycles. The number of nitrogens with zero attached hydrogens (tertiary/aromatic N) is 1. The van der Waals surface area contributed by atoms with Crippen LogP contribution in [0.5, 0.6) is 0 Å². The Kier molecular flexibility index (Phi) is 6.95. The first-order valence-electron chi connectivity index (χ1n) is 12.5. The summed E-state index contributed by atoms with van der Waals surface area (Å²) in [4.78, 5) is 0. The summed E-state index contributed by atoms with van der Waals surface area (Å²) in [5.41, 5.74) is 5.31. The van der Waals surface area contributed by atoms with E-state index in [-0.39, 0.29) is 5.92 Å². The van der Waals surface area contributed by atoms with Crippen molar-refractivity contribution in [3.05, 3.63) is 160 Å². The molecule has 0 aliphatic rings. The molecule has 0 fully saturated rings. The van der Waals surface area contributed by atoms with E-state index in [0.717, 1.165) is 0 Å². The first-order chi connectivity index (χ1) is 18.2. The van der Waals surface area contributed by atoms with Gasteiger partial charge in [-0.15, -0.1) is 0 Å². The van der Waals surface area contributed by atoms with Crippen molar-refractivity contribution in [3.63, 3.8) is 0 Å². The molecule has 0 amide bonds. The lowest BCUT2D eigenvalue weighted by molar-refractivity contribution is 0.930. The lowest BCUT2D eigenvalue weighted by Crippen LogP contribution is -2.25. The zero-order chi connectivity index (χ0) is 25.2. The fraction of sp³-hybridized carbons (Fsp3) is 0.0588. The summed E-state index contributed by atoms with van der Waals surface area (Å²) in [6, 6.07) is 49.0. The number of para-hydroxylation sites is 1. The molecule has 0 aliphatic heterocycles. The molecule has 1 aromatic heterocycles. The molecule has 0 radical (unpaired) electrons. The second-order valence-electron chi connectivity index (χ2n) is 9.26. The van der Waals surface area contributed by atoms with Crippen molar-refractivity contribution in [2.75, 3.05) is 0 Å². The normalized spacial score (nSPS) is 12.2. The SMILES string of the molecule is Cn1cc(C(c2ccc(I)cc2)c2ccccc2P(c2ccccc2)c2ccccc2)c2ccccc21. The van der Waals surface area contributed by atoms with E-state index in [1.54, 1.807) is 0 Å². The minimum absolute atomic E-state index is 0.122. The van der Waals surface area contributed by atoms with Crippen LogP contribution in [0.4, 0.5) is 0 Å². The van der Waals surface area contributed by atoms with E-state index in [0.29, 0.717) is 0 Å². The third kappa shape index (κ3) is 4.77. The molecule has 6 rings (SSSR count). The number of hydrogen-bond acceptors (Lipinski definition) is 0. The average molecular weight is 607 g/mol. The fourth-order valence-corrected chi connectivity index (χ4v) is 8.15. The number of fused-ring (bicyclic) bond motifs is 1. The second kappa shape index (κ2) is 10.7. The summed E-state index contributed by atoms with van der Waals surface area (Å²) < 4.78 is 3.52. The molecular weight excluding hydrogens is 580 g/mol. The molecule has 1 nitrogen and oxygen atoms in total. The number of aromatic nitrogens is 1. The van der Waals surface area contributed by atoms with Crippen molar-refractivity contribution < 1.29 is 0 Å². The predicted molar refractivity (Wildman–Crippen MR) is 168 cm³/mol. The third-order valence-corrected chi connectivity index (χ3v) is 10.2. The van der Waals surface area contributed by atoms with Crippen LogP contribution in [0.15, 0.2) is 140 Å². The molecule has 0 N–H and O–H groups in total. The molecule has 0 saturated carbocycles. The van der Waals surface area contributed by atoms with Crippen LogP contribution in [-0.4, -0.2) is 4.57 Å². The van der Waals surface area contributed by atoms with E-state index >= 15 is 0 Å². The minimum atomic E-state index is -0.731. The van der Waals surface area contributed by atoms with Gasteiger partial charge in [-0.2, -0.15) is 0 Å². The zero-order valence-electron chi connectivity index (χ0n) is 20.6. The van der Waals surface area contributed by atoms with Gasteiger partial charge in [0, 0.05) is 33.6 Å². The molecule has 0 aliphatic carbocycles. The van der Waals surface area contributed by atoms with E-state index in [4.69, 9.17) is 0 Å². The number of rotatable bonds is 6. The monoisotopic (exact) mass is 607 g/mol. The van der Waals surface area contributed by atoms with Crippen LogP contribution in [0.2, 0.25) is 0 Å². The van der Waals surface area contributed by atoms with Gasteiger partial charge in [0.1, 0.15) is 0 Å². The number of aryl methyl sites for hydroxylation is 1. The van der Waals surface area contributed by atoms with E-state index in [9.17, 15) is 0 Å². The molecule has 0 spiro atoms. The highest BCUT2D eigenvalue weighted by Gasteiger charge is 2.27. The van der Waals surface area contributed by atoms with Crippen molar-refractivity contribution in [2.45, 2.75) is 5.92 Å². The predicted octanol–water partition coefficient (Wildman–Crippen LogP) is 7.72. The van der Waals surface area contributed by atoms with E-state index < -0.39 is 7.92 Å². The van der Waals surface area contributed by atoms with Crippen LogP contribution in [-0.2, 0) is 7.05 Å². The summed E-state index contributed by atoms with van der Waals surface area (Å²) in [5.74, 6) is 0.122. The van der Waals surface area contributed by atoms with Gasteiger partial charge < -0.3 is 4.57 Å². The largest absolute Gasteiger partial charge is 0.350 e. The Balaban J connectivity index is 1.63. The highest BCUT2D eigenvalue weighted by Crippen LogP contribution is 2.42. The number of benzene rings is 5. The minimum Gasteiger partial charge on any atom is -0.350 e. The van der Waals surface area contributed by atoms with Gasteiger partial charge >= 0.3 is 0 Å². The van der Waals surface area contributed by atoms with E-state index in [2.05, 4.69) is 174 Å². The second-order valence-corrected chi connectivity index (χ2v) is 12.7. The maximum atomic E-state index is 2.40. The number of halogens is 1. The molecule has 0 saturated heterocycles. The number of hydrogen-bond donors (Lipinski definition) is 0. The first-order valence-corrected chi connectivity index (χ1v) is 14.9. The lowest BCUT2D eigenvalue weighted by Gasteiger charge is -2.27. The highest BCUT2D eigenvalue weighted by atomic mass is 127. The Hall–Kier alpha value is -3.20. The summed E-state index contributed by atoms with van der Waals surface area (Å²) in [6.07, 6.45) is 2.33. The maximum Gasteiger partial charge on any atom is 0.0480 e. The topological polar surface area (TPSA) is 4.93 Å². The van der Waals surface area contributed by atoms with Crippen molar-refractivity contribution in [3.8, 4) is 0 Å². The zero-order valence-corrected chi connectivity index (χ0v) is 23.7. The molecule has 1 unspecified atom stereocenters. The fourth-order valence-electron chi connectivity index (χ4n) is 5.30. The van der Waals surface area contributed by atoms with E-state index in [1.807, 2.05) is 0 Å². The first kappa shape index (κ1) is 24.2. The molecule has 1 heterocycles. The summed E-state index contributed by atoms with van der Waals surface area (Å²) in [7, 11) is 1.43. The Morgan fingerprint density at radius 1 is 0.595 bits per heavy atom. The quantitative estimate of drug-likeness (QED) is 0.135. The van der Waals surface area contributed by atoms with Crippen molar-refractivity contribution in [1.29, 1.82) is 0 Å². The molecule has 6 aromatic rings. The van der Waals surface area contributed by atoms with Crippen LogP contribution in [0.3, 0.4) is 0 Å². The van der Waals surface area contributed by atoms with Crippen LogP contribution in [0.1, 0.15) is 22.6 Å². The van der Waals surface area contributed by atoms with Gasteiger partial charge in [0.05, 0.1) is 0 Å². The van der Waals surface area contributed by atoms with Gasteiger partial charge in [0.15, 0.2) is 0 Å². The third-order valence-electron chi connectivity index (χ3n) is 6.96. The standard InChI is InChI=1S/C34H27INP/c1-36-24-31(29-16-8-10-18-32(29)36)34(25-20-22-26(35)23-21-25)30-17-9-11-19-33(30)37(27-12-4-2-5-13-27)28-14-6-3-7-15-28/h2-24,34H,1H3. The smallest absolute Gasteiger partial charge is 0.0480 e. The van der Waals surface area contributed by atoms with Crippen LogP contribution in [0.25, 0.3) is 10.9 Å². The lowest BCUT2D eigenvalue weighted by atomic mass is 9.85. The Labute approximate surface area is 233 Å². The highest BCUT2D eigenvalue weighted by molar-refractivity contribution is 14.1. The average Bonchev–Trinajstić information content (AvgIpc) is 3.28. The molecule has 37 heavy (non-hydrogen) atoms. The molecule has 0 bridgehead atoms. The van der Waals surface area contributed by atoms with E-state index in [1.165, 1.54) is 47.1 Å². The van der Waals surface area contributed by atoms with Gasteiger partial charge in [-0.05, 0) is 81.3 Å². The Morgan fingerprint density at radius 3 is 1.84 bits per heavy atom. The van der Waals surface area contributed by atoms with Crippen LogP contribution < -0.4 is 15.9 Å². The molecular formula is C34H27INP. The van der Waals surface area contributed by atoms with Crippen molar-refractivity contribution in [2.24, 2.45) is 7.05 Å². The Morgan fingerprint density at radius 2 is 1.16 bits per heavy atom. The van der Waals surface area contributed by atoms with Gasteiger partial charge in [0.2, 0.25) is 0 Å².